The lowest BCUT2D eigenvalue weighted by Crippen LogP contribution is -2.32. The third-order valence-electron chi connectivity index (χ3n) is 3.33. The van der Waals surface area contributed by atoms with Crippen LogP contribution < -0.4 is 25.6 Å². The first kappa shape index (κ1) is 18.3. The number of nitrogens with one attached hydrogen (secondary N) is 3. The summed E-state index contributed by atoms with van der Waals surface area (Å²) in [7, 11) is 5.44. The maximum absolute atomic E-state index is 11.9. The molecule has 134 valence electrons. The lowest BCUT2D eigenvalue weighted by molar-refractivity contribution is 0.252. The molecular formula is C17H24N6O2. The number of carbonyl (C=O) groups is 1. The van der Waals surface area contributed by atoms with Crippen LogP contribution >= 0.6 is 0 Å². The average molecular weight is 344 g/mol. The molecule has 8 nitrogen and oxygen atoms in total. The molecule has 0 saturated heterocycles. The van der Waals surface area contributed by atoms with Crippen molar-refractivity contribution in [2.45, 2.75) is 6.92 Å². The Balaban J connectivity index is 1.78. The zero-order chi connectivity index (χ0) is 18.2. The predicted octanol–water partition coefficient (Wildman–Crippen LogP) is 2.09. The van der Waals surface area contributed by atoms with E-state index in [-0.39, 0.29) is 6.03 Å². The molecule has 0 aliphatic heterocycles. The minimum Gasteiger partial charge on any atom is -0.497 e. The van der Waals surface area contributed by atoms with Gasteiger partial charge in [-0.25, -0.2) is 14.8 Å². The van der Waals surface area contributed by atoms with Gasteiger partial charge in [-0.3, -0.25) is 0 Å². The van der Waals surface area contributed by atoms with E-state index in [0.717, 1.165) is 11.6 Å². The standard InChI is InChI=1S/C17H24N6O2/c1-12-20-15(11-16(21-12)23(2)3)18-8-9-19-17(24)22-13-6-5-7-14(10-13)25-4/h5-7,10-11H,8-9H2,1-4H3,(H,18,20,21)(H2,19,22,24). The van der Waals surface area contributed by atoms with Crippen LogP contribution in [0.5, 0.6) is 5.75 Å². The van der Waals surface area contributed by atoms with E-state index in [1.165, 1.54) is 0 Å². The summed E-state index contributed by atoms with van der Waals surface area (Å²) in [6.45, 7) is 2.85. The van der Waals surface area contributed by atoms with Gasteiger partial charge in [0.2, 0.25) is 0 Å². The molecular weight excluding hydrogens is 320 g/mol. The molecule has 2 rings (SSSR count). The summed E-state index contributed by atoms with van der Waals surface area (Å²) in [4.78, 5) is 22.5. The molecule has 0 bridgehead atoms. The van der Waals surface area contributed by atoms with E-state index in [4.69, 9.17) is 4.74 Å². The van der Waals surface area contributed by atoms with Gasteiger partial charge in [-0.15, -0.1) is 0 Å². The van der Waals surface area contributed by atoms with Gasteiger partial charge in [0.25, 0.3) is 0 Å². The summed E-state index contributed by atoms with van der Waals surface area (Å²) in [5, 5.41) is 8.72. The summed E-state index contributed by atoms with van der Waals surface area (Å²) in [5.41, 5.74) is 0.673. The van der Waals surface area contributed by atoms with Crippen molar-refractivity contribution in [3.05, 3.63) is 36.2 Å². The maximum Gasteiger partial charge on any atom is 0.319 e. The van der Waals surface area contributed by atoms with E-state index in [9.17, 15) is 4.79 Å². The number of ether oxygens (including phenoxy) is 1. The fourth-order valence-electron chi connectivity index (χ4n) is 2.11. The molecule has 0 aliphatic rings. The molecule has 0 saturated carbocycles. The fourth-order valence-corrected chi connectivity index (χ4v) is 2.11. The Kier molecular flexibility index (Phi) is 6.39. The van der Waals surface area contributed by atoms with E-state index < -0.39 is 0 Å². The molecule has 25 heavy (non-hydrogen) atoms. The molecule has 1 aromatic heterocycles. The lowest BCUT2D eigenvalue weighted by atomic mass is 10.3. The van der Waals surface area contributed by atoms with Crippen LogP contribution in [0.1, 0.15) is 5.82 Å². The van der Waals surface area contributed by atoms with Gasteiger partial charge < -0.3 is 25.6 Å². The topological polar surface area (TPSA) is 91.4 Å². The Hall–Kier alpha value is -3.03. The van der Waals surface area contributed by atoms with Crippen LogP contribution in [0.15, 0.2) is 30.3 Å². The molecule has 0 radical (unpaired) electrons. The molecule has 2 aromatic rings. The van der Waals surface area contributed by atoms with Crippen molar-refractivity contribution in [1.29, 1.82) is 0 Å². The van der Waals surface area contributed by atoms with Gasteiger partial charge >= 0.3 is 6.03 Å². The molecule has 0 atom stereocenters. The van der Waals surface area contributed by atoms with Gasteiger partial charge in [0.05, 0.1) is 7.11 Å². The zero-order valence-corrected chi connectivity index (χ0v) is 15.0. The van der Waals surface area contributed by atoms with E-state index in [1.54, 1.807) is 19.2 Å². The van der Waals surface area contributed by atoms with Crippen molar-refractivity contribution >= 4 is 23.4 Å². The Bertz CT molecular complexity index is 720. The van der Waals surface area contributed by atoms with Gasteiger partial charge in [0, 0.05) is 45.0 Å². The fraction of sp³-hybridized carbons (Fsp3) is 0.353. The number of hydrogen-bond donors (Lipinski definition) is 3. The highest BCUT2D eigenvalue weighted by Gasteiger charge is 2.04. The van der Waals surface area contributed by atoms with Crippen molar-refractivity contribution in [3.8, 4) is 5.75 Å². The minimum absolute atomic E-state index is 0.275. The number of methoxy groups -OCH3 is 1. The van der Waals surface area contributed by atoms with Crippen LogP contribution in [0.4, 0.5) is 22.1 Å². The zero-order valence-electron chi connectivity index (χ0n) is 15.0. The van der Waals surface area contributed by atoms with Gasteiger partial charge in [0.1, 0.15) is 23.2 Å². The van der Waals surface area contributed by atoms with E-state index >= 15 is 0 Å². The molecule has 3 N–H and O–H groups in total. The number of hydrogen-bond acceptors (Lipinski definition) is 6. The second-order valence-electron chi connectivity index (χ2n) is 5.59. The van der Waals surface area contributed by atoms with Gasteiger partial charge in [0.15, 0.2) is 0 Å². The second kappa shape index (κ2) is 8.72. The number of anilines is 3. The van der Waals surface area contributed by atoms with E-state index in [2.05, 4.69) is 25.9 Å². The first-order valence-corrected chi connectivity index (χ1v) is 7.93. The summed E-state index contributed by atoms with van der Waals surface area (Å²) in [6, 6.07) is 8.78. The number of rotatable bonds is 7. The summed E-state index contributed by atoms with van der Waals surface area (Å²) in [6.07, 6.45) is 0. The number of urea groups is 1. The molecule has 0 unspecified atom stereocenters. The van der Waals surface area contributed by atoms with Gasteiger partial charge in [-0.2, -0.15) is 0 Å². The van der Waals surface area contributed by atoms with Crippen LogP contribution in [0.2, 0.25) is 0 Å². The number of carbonyl (C=O) groups excluding carboxylic acids is 1. The highest BCUT2D eigenvalue weighted by Crippen LogP contribution is 2.16. The molecule has 1 heterocycles. The normalized spacial score (nSPS) is 10.1. The summed E-state index contributed by atoms with van der Waals surface area (Å²) >= 11 is 0. The number of nitrogens with zero attached hydrogens (tertiary/aromatic N) is 3. The van der Waals surface area contributed by atoms with Crippen LogP contribution in [0, 0.1) is 6.92 Å². The molecule has 8 heteroatoms. The van der Waals surface area contributed by atoms with Crippen LogP contribution in [0.3, 0.4) is 0 Å². The SMILES string of the molecule is COc1cccc(NC(=O)NCCNc2cc(N(C)C)nc(C)n2)c1. The van der Waals surface area contributed by atoms with Gasteiger partial charge in [-0.1, -0.05) is 6.07 Å². The van der Waals surface area contributed by atoms with Crippen LogP contribution in [0.25, 0.3) is 0 Å². The first-order valence-electron chi connectivity index (χ1n) is 7.93. The van der Waals surface area contributed by atoms with E-state index in [1.807, 2.05) is 44.1 Å². The Morgan fingerprint density at radius 1 is 1.20 bits per heavy atom. The molecule has 0 spiro atoms. The highest BCUT2D eigenvalue weighted by atomic mass is 16.5. The van der Waals surface area contributed by atoms with Crippen molar-refractivity contribution in [3.63, 3.8) is 0 Å². The van der Waals surface area contributed by atoms with Crippen molar-refractivity contribution in [2.24, 2.45) is 0 Å². The lowest BCUT2D eigenvalue weighted by Gasteiger charge is -2.14. The third-order valence-corrected chi connectivity index (χ3v) is 3.33. The van der Waals surface area contributed by atoms with Crippen molar-refractivity contribution < 1.29 is 9.53 Å². The summed E-state index contributed by atoms with van der Waals surface area (Å²) in [5.74, 6) is 2.94. The monoisotopic (exact) mass is 344 g/mol. The molecule has 0 aliphatic carbocycles. The van der Waals surface area contributed by atoms with E-state index in [0.29, 0.717) is 30.4 Å². The molecule has 2 amide bonds. The quantitative estimate of drug-likeness (QED) is 0.666. The van der Waals surface area contributed by atoms with Gasteiger partial charge in [-0.05, 0) is 19.1 Å². The highest BCUT2D eigenvalue weighted by molar-refractivity contribution is 5.89. The molecule has 0 fully saturated rings. The second-order valence-corrected chi connectivity index (χ2v) is 5.59. The number of benzene rings is 1. The van der Waals surface area contributed by atoms with Crippen molar-refractivity contribution in [2.75, 3.05) is 49.8 Å². The van der Waals surface area contributed by atoms with Crippen LogP contribution in [-0.4, -0.2) is 50.3 Å². The minimum atomic E-state index is -0.275. The number of aromatic nitrogens is 2. The predicted molar refractivity (Wildman–Crippen MR) is 99.6 cm³/mol. The molecule has 1 aromatic carbocycles. The third kappa shape index (κ3) is 5.83. The largest absolute Gasteiger partial charge is 0.497 e. The summed E-state index contributed by atoms with van der Waals surface area (Å²) < 4.78 is 5.12. The van der Waals surface area contributed by atoms with Crippen LogP contribution in [-0.2, 0) is 0 Å². The first-order chi connectivity index (χ1) is 12.0. The number of aryl methyl sites for hydroxylation is 1. The van der Waals surface area contributed by atoms with Crippen molar-refractivity contribution in [1.82, 2.24) is 15.3 Å². The average Bonchev–Trinajstić information content (AvgIpc) is 2.58. The Labute approximate surface area is 147 Å². The Morgan fingerprint density at radius 2 is 2.00 bits per heavy atom. The maximum atomic E-state index is 11.9. The Morgan fingerprint density at radius 3 is 2.72 bits per heavy atom. The smallest absolute Gasteiger partial charge is 0.319 e. The number of amides is 2.